The van der Waals surface area contributed by atoms with Crippen LogP contribution in [0.25, 0.3) is 12.2 Å². The van der Waals surface area contributed by atoms with Crippen LogP contribution < -0.4 is 5.32 Å². The summed E-state index contributed by atoms with van der Waals surface area (Å²) in [5.41, 5.74) is 4.37. The second kappa shape index (κ2) is 7.62. The first-order chi connectivity index (χ1) is 11.7. The van der Waals surface area contributed by atoms with E-state index in [0.29, 0.717) is 6.42 Å². The standard InChI is InChI=1S/C20H23NO3/c1-21-17-10-6-15(7-11-17)3-2-14-4-8-16(9-5-14)19-12-18(23)20(13-22)24-19/h2-11,18-23H,12-13H2,1H3/b3-2+. The van der Waals surface area contributed by atoms with Gasteiger partial charge < -0.3 is 20.3 Å². The van der Waals surface area contributed by atoms with Gasteiger partial charge >= 0.3 is 0 Å². The molecule has 1 fully saturated rings. The highest BCUT2D eigenvalue weighted by molar-refractivity contribution is 5.70. The van der Waals surface area contributed by atoms with Gasteiger partial charge in [-0.3, -0.25) is 0 Å². The lowest BCUT2D eigenvalue weighted by Crippen LogP contribution is -2.24. The van der Waals surface area contributed by atoms with Gasteiger partial charge in [0.25, 0.3) is 0 Å². The van der Waals surface area contributed by atoms with Gasteiger partial charge in [0.1, 0.15) is 6.10 Å². The van der Waals surface area contributed by atoms with E-state index in [1.807, 2.05) is 43.4 Å². The fraction of sp³-hybridized carbons (Fsp3) is 0.300. The average Bonchev–Trinajstić information content (AvgIpc) is 3.01. The Labute approximate surface area is 142 Å². The molecule has 3 unspecified atom stereocenters. The fourth-order valence-corrected chi connectivity index (χ4v) is 2.88. The molecule has 0 radical (unpaired) electrons. The van der Waals surface area contributed by atoms with Crippen molar-refractivity contribution in [3.63, 3.8) is 0 Å². The summed E-state index contributed by atoms with van der Waals surface area (Å²) in [6.07, 6.45) is 3.45. The third-order valence-corrected chi connectivity index (χ3v) is 4.38. The Morgan fingerprint density at radius 2 is 1.62 bits per heavy atom. The predicted octanol–water partition coefficient (Wildman–Crippen LogP) is 3.08. The average molecular weight is 325 g/mol. The minimum Gasteiger partial charge on any atom is -0.394 e. The van der Waals surface area contributed by atoms with Crippen molar-refractivity contribution >= 4 is 17.8 Å². The molecule has 4 heteroatoms. The SMILES string of the molecule is CNc1ccc(/C=C/c2ccc(C3CC(O)C(CO)O3)cc2)cc1. The highest BCUT2D eigenvalue weighted by atomic mass is 16.5. The van der Waals surface area contributed by atoms with E-state index in [1.165, 1.54) is 0 Å². The largest absolute Gasteiger partial charge is 0.394 e. The topological polar surface area (TPSA) is 61.7 Å². The quantitative estimate of drug-likeness (QED) is 0.739. The molecule has 4 nitrogen and oxygen atoms in total. The fourth-order valence-electron chi connectivity index (χ4n) is 2.88. The molecule has 0 aliphatic carbocycles. The van der Waals surface area contributed by atoms with E-state index in [4.69, 9.17) is 9.84 Å². The Morgan fingerprint density at radius 1 is 1.04 bits per heavy atom. The van der Waals surface area contributed by atoms with Crippen molar-refractivity contribution in [2.75, 3.05) is 19.0 Å². The van der Waals surface area contributed by atoms with Crippen LogP contribution in [0.5, 0.6) is 0 Å². The Hall–Kier alpha value is -2.14. The van der Waals surface area contributed by atoms with Gasteiger partial charge in [-0.2, -0.15) is 0 Å². The van der Waals surface area contributed by atoms with Crippen LogP contribution >= 0.6 is 0 Å². The van der Waals surface area contributed by atoms with Crippen molar-refractivity contribution < 1.29 is 14.9 Å². The van der Waals surface area contributed by atoms with E-state index in [2.05, 4.69) is 29.6 Å². The third-order valence-electron chi connectivity index (χ3n) is 4.38. The zero-order valence-corrected chi connectivity index (χ0v) is 13.7. The number of benzene rings is 2. The Kier molecular flexibility index (Phi) is 5.30. The molecule has 0 bridgehead atoms. The molecule has 2 aromatic carbocycles. The summed E-state index contributed by atoms with van der Waals surface area (Å²) < 4.78 is 5.68. The third kappa shape index (κ3) is 3.85. The maximum absolute atomic E-state index is 9.82. The van der Waals surface area contributed by atoms with Gasteiger partial charge in [0.2, 0.25) is 0 Å². The first-order valence-corrected chi connectivity index (χ1v) is 8.20. The first kappa shape index (κ1) is 16.7. The summed E-state index contributed by atoms with van der Waals surface area (Å²) in [5, 5.41) is 22.1. The molecule has 24 heavy (non-hydrogen) atoms. The zero-order chi connectivity index (χ0) is 16.9. The molecule has 126 valence electrons. The number of hydrogen-bond acceptors (Lipinski definition) is 4. The van der Waals surface area contributed by atoms with Crippen molar-refractivity contribution in [3.05, 3.63) is 65.2 Å². The first-order valence-electron chi connectivity index (χ1n) is 8.20. The number of nitrogens with one attached hydrogen (secondary N) is 1. The molecule has 1 aliphatic heterocycles. The van der Waals surface area contributed by atoms with Gasteiger partial charge in [-0.1, -0.05) is 48.6 Å². The summed E-state index contributed by atoms with van der Waals surface area (Å²) >= 11 is 0. The van der Waals surface area contributed by atoms with E-state index < -0.39 is 12.2 Å². The Balaban J connectivity index is 1.65. The predicted molar refractivity (Wildman–Crippen MR) is 96.7 cm³/mol. The van der Waals surface area contributed by atoms with E-state index in [9.17, 15) is 5.11 Å². The summed E-state index contributed by atoms with van der Waals surface area (Å²) in [7, 11) is 1.90. The van der Waals surface area contributed by atoms with Gasteiger partial charge in [-0.15, -0.1) is 0 Å². The molecule has 3 N–H and O–H groups in total. The molecule has 2 aromatic rings. The summed E-state index contributed by atoms with van der Waals surface area (Å²) in [4.78, 5) is 0. The summed E-state index contributed by atoms with van der Waals surface area (Å²) in [6, 6.07) is 16.3. The second-order valence-electron chi connectivity index (χ2n) is 6.02. The van der Waals surface area contributed by atoms with Crippen LogP contribution in [0.15, 0.2) is 48.5 Å². The lowest BCUT2D eigenvalue weighted by molar-refractivity contribution is -0.0225. The van der Waals surface area contributed by atoms with Crippen LogP contribution in [0, 0.1) is 0 Å². The van der Waals surface area contributed by atoms with Crippen LogP contribution in [-0.2, 0) is 4.74 Å². The Morgan fingerprint density at radius 3 is 2.12 bits per heavy atom. The molecule has 1 saturated heterocycles. The summed E-state index contributed by atoms with van der Waals surface area (Å²) in [6.45, 7) is -0.148. The second-order valence-corrected chi connectivity index (χ2v) is 6.02. The number of rotatable bonds is 5. The molecule has 0 amide bonds. The van der Waals surface area contributed by atoms with Gasteiger partial charge in [-0.25, -0.2) is 0 Å². The number of anilines is 1. The van der Waals surface area contributed by atoms with Crippen LogP contribution in [0.2, 0.25) is 0 Å². The molecular formula is C20H23NO3. The van der Waals surface area contributed by atoms with E-state index in [0.717, 1.165) is 22.4 Å². The van der Waals surface area contributed by atoms with Gasteiger partial charge in [-0.05, 0) is 28.8 Å². The summed E-state index contributed by atoms with van der Waals surface area (Å²) in [5.74, 6) is 0. The minimum atomic E-state index is -0.597. The lowest BCUT2D eigenvalue weighted by atomic mass is 10.0. The van der Waals surface area contributed by atoms with E-state index in [-0.39, 0.29) is 12.7 Å². The van der Waals surface area contributed by atoms with Crippen molar-refractivity contribution in [2.24, 2.45) is 0 Å². The maximum Gasteiger partial charge on any atom is 0.107 e. The Bertz CT molecular complexity index is 679. The molecule has 1 heterocycles. The highest BCUT2D eigenvalue weighted by Crippen LogP contribution is 2.33. The van der Waals surface area contributed by atoms with Crippen LogP contribution in [0.1, 0.15) is 29.2 Å². The van der Waals surface area contributed by atoms with Gasteiger partial charge in [0, 0.05) is 19.2 Å². The molecule has 3 rings (SSSR count). The van der Waals surface area contributed by atoms with Crippen LogP contribution in [0.4, 0.5) is 5.69 Å². The number of aliphatic hydroxyl groups excluding tert-OH is 2. The number of ether oxygens (including phenoxy) is 1. The zero-order valence-electron chi connectivity index (χ0n) is 13.7. The molecule has 0 aromatic heterocycles. The maximum atomic E-state index is 9.82. The van der Waals surface area contributed by atoms with E-state index >= 15 is 0 Å². The van der Waals surface area contributed by atoms with E-state index in [1.54, 1.807) is 0 Å². The molecule has 0 spiro atoms. The smallest absolute Gasteiger partial charge is 0.107 e. The number of aliphatic hydroxyl groups is 2. The number of hydrogen-bond donors (Lipinski definition) is 3. The van der Waals surface area contributed by atoms with Gasteiger partial charge in [0.05, 0.1) is 18.8 Å². The molecule has 0 saturated carbocycles. The molecule has 3 atom stereocenters. The van der Waals surface area contributed by atoms with Crippen LogP contribution in [0.3, 0.4) is 0 Å². The van der Waals surface area contributed by atoms with Crippen molar-refractivity contribution in [1.29, 1.82) is 0 Å². The molecular weight excluding hydrogens is 302 g/mol. The van der Waals surface area contributed by atoms with Crippen molar-refractivity contribution in [2.45, 2.75) is 24.7 Å². The highest BCUT2D eigenvalue weighted by Gasteiger charge is 2.33. The monoisotopic (exact) mass is 325 g/mol. The normalized spacial score (nSPS) is 23.7. The molecule has 1 aliphatic rings. The van der Waals surface area contributed by atoms with Crippen molar-refractivity contribution in [3.8, 4) is 0 Å². The van der Waals surface area contributed by atoms with Crippen molar-refractivity contribution in [1.82, 2.24) is 0 Å². The lowest BCUT2D eigenvalue weighted by Gasteiger charge is -2.12. The minimum absolute atomic E-state index is 0.148. The van der Waals surface area contributed by atoms with Gasteiger partial charge in [0.15, 0.2) is 0 Å². The van der Waals surface area contributed by atoms with Crippen LogP contribution in [-0.4, -0.2) is 36.1 Å².